The van der Waals surface area contributed by atoms with Gasteiger partial charge in [0.15, 0.2) is 0 Å². The second kappa shape index (κ2) is 9.35. The number of benzene rings is 2. The molecule has 0 aliphatic carbocycles. The van der Waals surface area contributed by atoms with Crippen LogP contribution in [-0.2, 0) is 14.8 Å². The van der Waals surface area contributed by atoms with Gasteiger partial charge in [-0.3, -0.25) is 9.10 Å². The highest BCUT2D eigenvalue weighted by Crippen LogP contribution is 2.22. The third-order valence-electron chi connectivity index (χ3n) is 3.85. The second-order valence-corrected chi connectivity index (χ2v) is 7.61. The molecule has 140 valence electrons. The Morgan fingerprint density at radius 3 is 2.35 bits per heavy atom. The van der Waals surface area contributed by atoms with Gasteiger partial charge in [0.25, 0.3) is 15.9 Å². The van der Waals surface area contributed by atoms with Crippen molar-refractivity contribution >= 4 is 21.6 Å². The van der Waals surface area contributed by atoms with Gasteiger partial charge in [0.1, 0.15) is 0 Å². The maximum Gasteiger partial charge on any atom is 0.264 e. The van der Waals surface area contributed by atoms with Gasteiger partial charge in [0.05, 0.1) is 10.6 Å². The van der Waals surface area contributed by atoms with Crippen molar-refractivity contribution in [2.75, 3.05) is 31.1 Å². The predicted molar refractivity (Wildman–Crippen MR) is 102 cm³/mol. The third-order valence-corrected chi connectivity index (χ3v) is 5.65. The first kappa shape index (κ1) is 19.9. The molecule has 0 aromatic heterocycles. The summed E-state index contributed by atoms with van der Waals surface area (Å²) in [6, 6.07) is 14.7. The number of sulfonamides is 1. The quantitative estimate of drug-likeness (QED) is 0.683. The summed E-state index contributed by atoms with van der Waals surface area (Å²) in [5, 5.41) is 2.81. The van der Waals surface area contributed by atoms with Gasteiger partial charge in [-0.25, -0.2) is 8.42 Å². The molecule has 0 spiro atoms. The molecule has 0 bridgehead atoms. The molecule has 0 fully saturated rings. The molecule has 7 heteroatoms. The maximum absolute atomic E-state index is 12.6. The zero-order valence-corrected chi connectivity index (χ0v) is 15.8. The summed E-state index contributed by atoms with van der Waals surface area (Å²) >= 11 is 0. The summed E-state index contributed by atoms with van der Waals surface area (Å²) in [6.45, 7) is 3.73. The lowest BCUT2D eigenvalue weighted by molar-refractivity contribution is 0.0944. The average molecular weight is 376 g/mol. The van der Waals surface area contributed by atoms with Gasteiger partial charge in [-0.1, -0.05) is 18.2 Å². The third kappa shape index (κ3) is 5.06. The minimum absolute atomic E-state index is 0.193. The van der Waals surface area contributed by atoms with E-state index in [0.717, 1.165) is 6.42 Å². The lowest BCUT2D eigenvalue weighted by atomic mass is 10.2. The molecule has 0 atom stereocenters. The number of nitrogens with zero attached hydrogens (tertiary/aromatic N) is 1. The molecule has 0 saturated heterocycles. The van der Waals surface area contributed by atoms with Gasteiger partial charge in [-0.2, -0.15) is 0 Å². The highest BCUT2D eigenvalue weighted by atomic mass is 32.2. The molecule has 2 aromatic carbocycles. The van der Waals surface area contributed by atoms with Crippen LogP contribution in [-0.4, -0.2) is 41.1 Å². The van der Waals surface area contributed by atoms with Gasteiger partial charge in [0.2, 0.25) is 0 Å². The summed E-state index contributed by atoms with van der Waals surface area (Å²) < 4.78 is 31.6. The van der Waals surface area contributed by atoms with Crippen LogP contribution in [0.5, 0.6) is 0 Å². The molecule has 2 rings (SSSR count). The van der Waals surface area contributed by atoms with Gasteiger partial charge in [-0.05, 0) is 49.7 Å². The fraction of sp³-hybridized carbons (Fsp3) is 0.316. The predicted octanol–water partition coefficient (Wildman–Crippen LogP) is 2.67. The first-order valence-corrected chi connectivity index (χ1v) is 9.91. The van der Waals surface area contributed by atoms with E-state index < -0.39 is 10.0 Å². The number of ether oxygens (including phenoxy) is 1. The summed E-state index contributed by atoms with van der Waals surface area (Å²) in [7, 11) is -2.14. The number of nitrogens with one attached hydrogen (secondary N) is 1. The normalized spacial score (nSPS) is 11.2. The Hall–Kier alpha value is -2.38. The molecule has 1 amide bonds. The van der Waals surface area contributed by atoms with Gasteiger partial charge < -0.3 is 10.1 Å². The van der Waals surface area contributed by atoms with E-state index >= 15 is 0 Å². The van der Waals surface area contributed by atoms with Crippen LogP contribution in [0.2, 0.25) is 0 Å². The van der Waals surface area contributed by atoms with Crippen molar-refractivity contribution in [1.82, 2.24) is 5.32 Å². The Morgan fingerprint density at radius 2 is 1.73 bits per heavy atom. The molecule has 0 aliphatic rings. The van der Waals surface area contributed by atoms with Gasteiger partial charge in [0, 0.05) is 32.4 Å². The molecule has 6 nitrogen and oxygen atoms in total. The van der Waals surface area contributed by atoms with E-state index in [2.05, 4.69) is 5.32 Å². The van der Waals surface area contributed by atoms with Crippen molar-refractivity contribution in [3.05, 3.63) is 60.2 Å². The molecule has 0 aliphatic heterocycles. The number of hydrogen-bond acceptors (Lipinski definition) is 4. The number of carbonyl (C=O) groups excluding carboxylic acids is 1. The van der Waals surface area contributed by atoms with Crippen LogP contribution in [0.4, 0.5) is 5.69 Å². The minimum atomic E-state index is -3.63. The SMILES string of the molecule is CCOCCCNC(=O)c1ccc(N(C)S(=O)(=O)c2ccccc2)cc1. The monoisotopic (exact) mass is 376 g/mol. The highest BCUT2D eigenvalue weighted by Gasteiger charge is 2.21. The lowest BCUT2D eigenvalue weighted by Crippen LogP contribution is -2.27. The fourth-order valence-electron chi connectivity index (χ4n) is 2.33. The van der Waals surface area contributed by atoms with Crippen LogP contribution in [0.15, 0.2) is 59.5 Å². The fourth-order valence-corrected chi connectivity index (χ4v) is 3.55. The average Bonchev–Trinajstić information content (AvgIpc) is 2.68. The van der Waals surface area contributed by atoms with Crippen LogP contribution in [0.3, 0.4) is 0 Å². The molecular formula is C19H24N2O4S. The van der Waals surface area contributed by atoms with E-state index in [1.807, 2.05) is 6.92 Å². The number of amides is 1. The smallest absolute Gasteiger partial charge is 0.264 e. The summed E-state index contributed by atoms with van der Waals surface area (Å²) in [5.41, 5.74) is 0.970. The van der Waals surface area contributed by atoms with Crippen molar-refractivity contribution in [3.8, 4) is 0 Å². The van der Waals surface area contributed by atoms with Crippen LogP contribution in [0, 0.1) is 0 Å². The Bertz CT molecular complexity index is 805. The van der Waals surface area contributed by atoms with Crippen molar-refractivity contribution in [1.29, 1.82) is 0 Å². The van der Waals surface area contributed by atoms with Crippen molar-refractivity contribution in [3.63, 3.8) is 0 Å². The van der Waals surface area contributed by atoms with Crippen LogP contribution in [0.1, 0.15) is 23.7 Å². The lowest BCUT2D eigenvalue weighted by Gasteiger charge is -2.19. The Kier molecular flexibility index (Phi) is 7.17. The van der Waals surface area contributed by atoms with E-state index in [1.54, 1.807) is 54.6 Å². The molecule has 1 N–H and O–H groups in total. The van der Waals surface area contributed by atoms with Crippen molar-refractivity contribution < 1.29 is 17.9 Å². The zero-order chi connectivity index (χ0) is 19.0. The first-order valence-electron chi connectivity index (χ1n) is 8.47. The van der Waals surface area contributed by atoms with Crippen LogP contribution < -0.4 is 9.62 Å². The van der Waals surface area contributed by atoms with Gasteiger partial charge in [-0.15, -0.1) is 0 Å². The number of carbonyl (C=O) groups is 1. The van der Waals surface area contributed by atoms with Crippen molar-refractivity contribution in [2.45, 2.75) is 18.2 Å². The van der Waals surface area contributed by atoms with Crippen molar-refractivity contribution in [2.24, 2.45) is 0 Å². The molecule has 0 saturated carbocycles. The topological polar surface area (TPSA) is 75.7 Å². The van der Waals surface area contributed by atoms with E-state index in [9.17, 15) is 13.2 Å². The molecular weight excluding hydrogens is 352 g/mol. The Balaban J connectivity index is 2.01. The molecule has 26 heavy (non-hydrogen) atoms. The molecule has 2 aromatic rings. The second-order valence-electron chi connectivity index (χ2n) is 5.64. The van der Waals surface area contributed by atoms with E-state index in [-0.39, 0.29) is 10.8 Å². The Morgan fingerprint density at radius 1 is 1.08 bits per heavy atom. The summed E-state index contributed by atoms with van der Waals surface area (Å²) in [5.74, 6) is -0.193. The van der Waals surface area contributed by atoms with Crippen LogP contribution in [0.25, 0.3) is 0 Å². The molecule has 0 unspecified atom stereocenters. The largest absolute Gasteiger partial charge is 0.382 e. The number of hydrogen-bond donors (Lipinski definition) is 1. The van der Waals surface area contributed by atoms with E-state index in [4.69, 9.17) is 4.74 Å². The minimum Gasteiger partial charge on any atom is -0.382 e. The number of anilines is 1. The van der Waals surface area contributed by atoms with Gasteiger partial charge >= 0.3 is 0 Å². The zero-order valence-electron chi connectivity index (χ0n) is 15.0. The summed E-state index contributed by atoms with van der Waals surface area (Å²) in [4.78, 5) is 12.3. The first-order chi connectivity index (χ1) is 12.5. The van der Waals surface area contributed by atoms with E-state index in [0.29, 0.717) is 31.0 Å². The van der Waals surface area contributed by atoms with Crippen LogP contribution >= 0.6 is 0 Å². The number of rotatable bonds is 9. The standard InChI is InChI=1S/C19H24N2O4S/c1-3-25-15-7-14-20-19(22)16-10-12-17(13-11-16)21(2)26(23,24)18-8-5-4-6-9-18/h4-6,8-13H,3,7,14-15H2,1-2H3,(H,20,22). The highest BCUT2D eigenvalue weighted by molar-refractivity contribution is 7.92. The maximum atomic E-state index is 12.6. The molecule has 0 heterocycles. The Labute approximate surface area is 154 Å². The molecule has 0 radical (unpaired) electrons. The summed E-state index contributed by atoms with van der Waals surface area (Å²) in [6.07, 6.45) is 0.746. The van der Waals surface area contributed by atoms with E-state index in [1.165, 1.54) is 11.4 Å².